The number of hydrogen-bond donors (Lipinski definition) is 2. The number of aldehydes is 1. The van der Waals surface area contributed by atoms with Gasteiger partial charge < -0.3 is 19.7 Å². The summed E-state index contributed by atoms with van der Waals surface area (Å²) in [4.78, 5) is 47.3. The van der Waals surface area contributed by atoms with Crippen molar-refractivity contribution >= 4 is 23.7 Å². The van der Waals surface area contributed by atoms with Crippen LogP contribution in [0.2, 0.25) is 0 Å². The molecule has 0 saturated carbocycles. The van der Waals surface area contributed by atoms with E-state index in [9.17, 15) is 29.5 Å². The van der Waals surface area contributed by atoms with Crippen molar-refractivity contribution in [1.29, 1.82) is 0 Å². The summed E-state index contributed by atoms with van der Waals surface area (Å²) in [5, 5.41) is 23.0. The minimum absolute atomic E-state index is 0.0210. The van der Waals surface area contributed by atoms with E-state index in [1.54, 1.807) is 25.1 Å². The van der Waals surface area contributed by atoms with Crippen LogP contribution in [-0.2, 0) is 14.3 Å². The average Bonchev–Trinajstić information content (AvgIpc) is 2.79. The molecule has 1 aliphatic heterocycles. The molecule has 1 aliphatic rings. The van der Waals surface area contributed by atoms with E-state index in [0.29, 0.717) is 11.9 Å². The first-order valence-corrected chi connectivity index (χ1v) is 9.55. The summed E-state index contributed by atoms with van der Waals surface area (Å²) in [6.07, 6.45) is 1.65. The zero-order chi connectivity index (χ0) is 23.3. The number of aliphatic hydroxyl groups is 1. The molecule has 3 rings (SSSR count). The van der Waals surface area contributed by atoms with E-state index in [1.807, 2.05) is 0 Å². The van der Waals surface area contributed by atoms with Crippen LogP contribution >= 0.6 is 0 Å². The normalized spacial score (nSPS) is 18.9. The van der Waals surface area contributed by atoms with Crippen LogP contribution in [0.4, 0.5) is 5.69 Å². The molecule has 2 N–H and O–H groups in total. The third kappa shape index (κ3) is 4.62. The molecule has 0 fully saturated rings. The highest BCUT2D eigenvalue weighted by molar-refractivity contribution is 6.13. The summed E-state index contributed by atoms with van der Waals surface area (Å²) in [7, 11) is 0. The van der Waals surface area contributed by atoms with Crippen LogP contribution in [-0.4, -0.2) is 34.5 Å². The van der Waals surface area contributed by atoms with Crippen LogP contribution in [0.3, 0.4) is 0 Å². The van der Waals surface area contributed by atoms with Gasteiger partial charge in [-0.1, -0.05) is 18.2 Å². The van der Waals surface area contributed by atoms with E-state index in [4.69, 9.17) is 9.47 Å². The first-order chi connectivity index (χ1) is 15.4. The molecule has 164 valence electrons. The summed E-state index contributed by atoms with van der Waals surface area (Å²) in [6.45, 7) is 1.64. The number of aliphatic hydroxyl groups excluding tert-OH is 1. The van der Waals surface area contributed by atoms with Crippen molar-refractivity contribution in [3.8, 4) is 11.5 Å². The Morgan fingerprint density at radius 1 is 1.19 bits per heavy atom. The molecule has 0 amide bonds. The fraction of sp³-hybridized carbons (Fsp3) is 0.174. The summed E-state index contributed by atoms with van der Waals surface area (Å²) in [6, 6.07) is 9.56. The van der Waals surface area contributed by atoms with Crippen LogP contribution in [0.15, 0.2) is 71.1 Å². The van der Waals surface area contributed by atoms with E-state index in [1.165, 1.54) is 24.3 Å². The minimum atomic E-state index is -1.28. The average molecular weight is 437 g/mol. The monoisotopic (exact) mass is 437 g/mol. The van der Waals surface area contributed by atoms with Crippen LogP contribution in [0.25, 0.3) is 0 Å². The lowest BCUT2D eigenvalue weighted by Crippen LogP contribution is -2.29. The smallest absolute Gasteiger partial charge is 0.312 e. The molecule has 0 radical (unpaired) electrons. The zero-order valence-corrected chi connectivity index (χ0v) is 16.9. The molecule has 2 atom stereocenters. The van der Waals surface area contributed by atoms with Crippen molar-refractivity contribution in [2.75, 3.05) is 0 Å². The predicted molar refractivity (Wildman–Crippen MR) is 112 cm³/mol. The molecule has 0 aromatic heterocycles. The standard InChI is InChI=1S/C23H19NO8/c1-2-15-18(13(11-25)12-31-23(15)29)10-21(27)32-14-7-8-17(20(26)9-14)22(28)16-5-3-4-6-19(16)24-30/h2-9,11-12,18,23,26,29H,10H2,1H3/b15-2-. The van der Waals surface area contributed by atoms with Crippen LogP contribution in [0.5, 0.6) is 11.5 Å². The van der Waals surface area contributed by atoms with E-state index in [2.05, 4.69) is 5.18 Å². The van der Waals surface area contributed by atoms with Crippen LogP contribution < -0.4 is 4.74 Å². The van der Waals surface area contributed by atoms with Gasteiger partial charge in [0.2, 0.25) is 6.29 Å². The van der Waals surface area contributed by atoms with Gasteiger partial charge >= 0.3 is 5.97 Å². The third-order valence-corrected chi connectivity index (χ3v) is 4.96. The zero-order valence-electron chi connectivity index (χ0n) is 16.9. The second-order valence-electron chi connectivity index (χ2n) is 6.86. The van der Waals surface area contributed by atoms with Gasteiger partial charge in [0.15, 0.2) is 5.78 Å². The molecule has 9 heteroatoms. The van der Waals surface area contributed by atoms with Gasteiger partial charge in [0.05, 0.1) is 23.8 Å². The summed E-state index contributed by atoms with van der Waals surface area (Å²) >= 11 is 0. The lowest BCUT2D eigenvalue weighted by atomic mass is 9.87. The molecule has 0 bridgehead atoms. The molecule has 9 nitrogen and oxygen atoms in total. The number of hydrogen-bond acceptors (Lipinski definition) is 9. The Hall–Kier alpha value is -4.11. The topological polar surface area (TPSA) is 140 Å². The number of carbonyl (C=O) groups is 3. The number of ether oxygens (including phenoxy) is 2. The Morgan fingerprint density at radius 2 is 1.94 bits per heavy atom. The summed E-state index contributed by atoms with van der Waals surface area (Å²) < 4.78 is 10.2. The second-order valence-corrected chi connectivity index (χ2v) is 6.86. The Kier molecular flexibility index (Phi) is 6.91. The van der Waals surface area contributed by atoms with E-state index < -0.39 is 29.7 Å². The number of nitrogens with zero attached hydrogens (tertiary/aromatic N) is 1. The Labute approximate surface area is 182 Å². The SMILES string of the molecule is C/C=C1\C(O)OC=C(C=O)C1CC(=O)Oc1ccc(C(=O)c2ccccc2N=O)c(O)c1. The highest BCUT2D eigenvalue weighted by atomic mass is 16.6. The van der Waals surface area contributed by atoms with Gasteiger partial charge in [-0.15, -0.1) is 4.91 Å². The Morgan fingerprint density at radius 3 is 2.59 bits per heavy atom. The number of phenolic OH excluding ortho intramolecular Hbond substituents is 1. The molecule has 0 aliphatic carbocycles. The highest BCUT2D eigenvalue weighted by Crippen LogP contribution is 2.32. The van der Waals surface area contributed by atoms with Gasteiger partial charge in [0, 0.05) is 23.1 Å². The lowest BCUT2D eigenvalue weighted by molar-refractivity contribution is -0.135. The molecule has 32 heavy (non-hydrogen) atoms. The first-order valence-electron chi connectivity index (χ1n) is 9.55. The molecule has 2 aromatic rings. The molecular weight excluding hydrogens is 418 g/mol. The number of nitroso groups, excluding NO2 is 1. The highest BCUT2D eigenvalue weighted by Gasteiger charge is 2.31. The lowest BCUT2D eigenvalue weighted by Gasteiger charge is -2.27. The van der Waals surface area contributed by atoms with Crippen molar-refractivity contribution < 1.29 is 34.1 Å². The predicted octanol–water partition coefficient (Wildman–Crippen LogP) is 3.31. The van der Waals surface area contributed by atoms with E-state index in [-0.39, 0.29) is 34.6 Å². The number of esters is 1. The quantitative estimate of drug-likeness (QED) is 0.168. The van der Waals surface area contributed by atoms with Gasteiger partial charge in [0.25, 0.3) is 0 Å². The van der Waals surface area contributed by atoms with Crippen molar-refractivity contribution in [2.24, 2.45) is 11.1 Å². The maximum Gasteiger partial charge on any atom is 0.312 e. The fourth-order valence-corrected chi connectivity index (χ4v) is 3.35. The molecular formula is C23H19NO8. The van der Waals surface area contributed by atoms with Crippen molar-refractivity contribution in [3.63, 3.8) is 0 Å². The maximum atomic E-state index is 12.7. The van der Waals surface area contributed by atoms with Gasteiger partial charge in [-0.3, -0.25) is 14.4 Å². The third-order valence-electron chi connectivity index (χ3n) is 4.96. The van der Waals surface area contributed by atoms with Crippen molar-refractivity contribution in [2.45, 2.75) is 19.6 Å². The fourth-order valence-electron chi connectivity index (χ4n) is 3.35. The molecule has 2 unspecified atom stereocenters. The van der Waals surface area contributed by atoms with E-state index >= 15 is 0 Å². The number of aromatic hydroxyl groups is 1. The number of phenols is 1. The van der Waals surface area contributed by atoms with Crippen LogP contribution in [0, 0.1) is 10.8 Å². The van der Waals surface area contributed by atoms with Gasteiger partial charge in [-0.2, -0.15) is 0 Å². The molecule has 1 heterocycles. The van der Waals surface area contributed by atoms with Gasteiger partial charge in [-0.25, -0.2) is 0 Å². The summed E-state index contributed by atoms with van der Waals surface area (Å²) in [5.41, 5.74) is 0.373. The van der Waals surface area contributed by atoms with Crippen molar-refractivity contribution in [3.05, 3.63) is 82.0 Å². The number of benzene rings is 2. The van der Waals surface area contributed by atoms with Gasteiger partial charge in [-0.05, 0) is 36.4 Å². The largest absolute Gasteiger partial charge is 0.507 e. The van der Waals surface area contributed by atoms with Crippen LogP contribution in [0.1, 0.15) is 29.3 Å². The minimum Gasteiger partial charge on any atom is -0.507 e. The Balaban J connectivity index is 1.77. The number of rotatable bonds is 7. The maximum absolute atomic E-state index is 12.7. The molecule has 0 saturated heterocycles. The number of allylic oxidation sites excluding steroid dienone is 2. The number of ketones is 1. The number of carbonyl (C=O) groups excluding carboxylic acids is 3. The second kappa shape index (κ2) is 9.80. The van der Waals surface area contributed by atoms with Crippen molar-refractivity contribution in [1.82, 2.24) is 0 Å². The summed E-state index contributed by atoms with van der Waals surface area (Å²) in [5.74, 6) is -2.56. The van der Waals surface area contributed by atoms with Gasteiger partial charge in [0.1, 0.15) is 23.5 Å². The molecule has 2 aromatic carbocycles. The Bertz CT molecular complexity index is 1130. The first kappa shape index (κ1) is 22.6. The van der Waals surface area contributed by atoms with E-state index in [0.717, 1.165) is 12.3 Å². The molecule has 0 spiro atoms.